The number of Topliss-reactive ketones (excluding diaryl/α,β-unsaturated/α-hetero) is 1. The van der Waals surface area contributed by atoms with Crippen LogP contribution in [-0.2, 0) is 5.41 Å². The second kappa shape index (κ2) is 5.02. The summed E-state index contributed by atoms with van der Waals surface area (Å²) in [6, 6.07) is 10.9. The first kappa shape index (κ1) is 13.9. The largest absolute Gasteiger partial charge is 0.293 e. The van der Waals surface area contributed by atoms with Gasteiger partial charge in [-0.1, -0.05) is 36.8 Å². The third kappa shape index (κ3) is 2.06. The molecule has 1 nitrogen and oxygen atoms in total. The third-order valence-corrected chi connectivity index (χ3v) is 4.25. The molecule has 0 aliphatic heterocycles. The zero-order valence-corrected chi connectivity index (χ0v) is 11.2. The van der Waals surface area contributed by atoms with E-state index in [1.165, 1.54) is 0 Å². The Hall–Kier alpha value is -2.10. The fourth-order valence-corrected chi connectivity index (χ4v) is 2.89. The zero-order chi connectivity index (χ0) is 15.0. The number of halogens is 3. The van der Waals surface area contributed by atoms with Crippen molar-refractivity contribution in [1.29, 1.82) is 0 Å². The predicted molar refractivity (Wildman–Crippen MR) is 72.6 cm³/mol. The maximum atomic E-state index is 13.9. The maximum absolute atomic E-state index is 13.9. The van der Waals surface area contributed by atoms with Gasteiger partial charge < -0.3 is 0 Å². The van der Waals surface area contributed by atoms with Gasteiger partial charge in [-0.25, -0.2) is 13.2 Å². The van der Waals surface area contributed by atoms with E-state index in [1.54, 1.807) is 0 Å². The van der Waals surface area contributed by atoms with Crippen molar-refractivity contribution in [2.24, 2.45) is 0 Å². The van der Waals surface area contributed by atoms with Gasteiger partial charge in [-0.3, -0.25) is 4.79 Å². The normalized spacial score (nSPS) is 16.3. The van der Waals surface area contributed by atoms with Gasteiger partial charge in [-0.2, -0.15) is 0 Å². The summed E-state index contributed by atoms with van der Waals surface area (Å²) in [5.74, 6) is -4.76. The molecule has 0 unspecified atom stereocenters. The van der Waals surface area contributed by atoms with Crippen molar-refractivity contribution >= 4 is 5.78 Å². The van der Waals surface area contributed by atoms with Crippen molar-refractivity contribution in [2.45, 2.75) is 24.7 Å². The standard InChI is InChI=1S/C17H13F3O/c18-13-8-7-12(14(19)15(13)20)16(21)17(9-4-10-17)11-5-2-1-3-6-11/h1-3,5-8H,4,9-10H2. The van der Waals surface area contributed by atoms with Gasteiger partial charge in [0.25, 0.3) is 0 Å². The van der Waals surface area contributed by atoms with Crippen molar-refractivity contribution in [3.05, 3.63) is 71.0 Å². The molecule has 21 heavy (non-hydrogen) atoms. The van der Waals surface area contributed by atoms with Gasteiger partial charge in [-0.15, -0.1) is 0 Å². The van der Waals surface area contributed by atoms with E-state index in [9.17, 15) is 18.0 Å². The molecule has 0 saturated heterocycles. The molecule has 1 fully saturated rings. The summed E-state index contributed by atoms with van der Waals surface area (Å²) in [4.78, 5) is 12.7. The molecule has 3 rings (SSSR count). The topological polar surface area (TPSA) is 17.1 Å². The van der Waals surface area contributed by atoms with E-state index in [0.717, 1.165) is 24.1 Å². The van der Waals surface area contributed by atoms with Crippen LogP contribution in [-0.4, -0.2) is 5.78 Å². The molecule has 0 N–H and O–H groups in total. The van der Waals surface area contributed by atoms with Gasteiger partial charge in [0.1, 0.15) is 0 Å². The van der Waals surface area contributed by atoms with Gasteiger partial charge in [0.2, 0.25) is 0 Å². The van der Waals surface area contributed by atoms with Crippen LogP contribution in [0.2, 0.25) is 0 Å². The molecule has 0 bridgehead atoms. The molecule has 1 aliphatic carbocycles. The molecule has 1 aliphatic rings. The van der Waals surface area contributed by atoms with Crippen LogP contribution in [0.1, 0.15) is 35.2 Å². The van der Waals surface area contributed by atoms with Crippen LogP contribution in [0.15, 0.2) is 42.5 Å². The first-order valence-corrected chi connectivity index (χ1v) is 6.80. The monoisotopic (exact) mass is 290 g/mol. The van der Waals surface area contributed by atoms with Gasteiger partial charge in [0, 0.05) is 0 Å². The molecule has 2 aromatic carbocycles. The summed E-state index contributed by atoms with van der Waals surface area (Å²) in [6.07, 6.45) is 2.04. The zero-order valence-electron chi connectivity index (χ0n) is 11.2. The van der Waals surface area contributed by atoms with E-state index in [4.69, 9.17) is 0 Å². The number of rotatable bonds is 3. The highest BCUT2D eigenvalue weighted by atomic mass is 19.2. The van der Waals surface area contributed by atoms with Crippen LogP contribution in [0.3, 0.4) is 0 Å². The van der Waals surface area contributed by atoms with Crippen molar-refractivity contribution in [3.63, 3.8) is 0 Å². The van der Waals surface area contributed by atoms with Crippen molar-refractivity contribution in [3.8, 4) is 0 Å². The van der Waals surface area contributed by atoms with E-state index >= 15 is 0 Å². The Balaban J connectivity index is 2.07. The lowest BCUT2D eigenvalue weighted by Crippen LogP contribution is -2.43. The molecule has 2 aromatic rings. The lowest BCUT2D eigenvalue weighted by atomic mass is 9.60. The number of hydrogen-bond acceptors (Lipinski definition) is 1. The minimum Gasteiger partial charge on any atom is -0.293 e. The SMILES string of the molecule is O=C(c1ccc(F)c(F)c1F)C1(c2ccccc2)CCC1. The van der Waals surface area contributed by atoms with E-state index < -0.39 is 28.6 Å². The Morgan fingerprint density at radius 2 is 1.57 bits per heavy atom. The van der Waals surface area contributed by atoms with Crippen molar-refractivity contribution < 1.29 is 18.0 Å². The van der Waals surface area contributed by atoms with E-state index in [-0.39, 0.29) is 5.56 Å². The first-order valence-electron chi connectivity index (χ1n) is 6.80. The smallest absolute Gasteiger partial charge is 0.195 e. The molecule has 0 radical (unpaired) electrons. The highest BCUT2D eigenvalue weighted by Gasteiger charge is 2.46. The quantitative estimate of drug-likeness (QED) is 0.604. The van der Waals surface area contributed by atoms with Crippen LogP contribution in [0.5, 0.6) is 0 Å². The Bertz CT molecular complexity index is 691. The Labute approximate surface area is 120 Å². The van der Waals surface area contributed by atoms with Gasteiger partial charge >= 0.3 is 0 Å². The molecular weight excluding hydrogens is 277 g/mol. The highest BCUT2D eigenvalue weighted by Crippen LogP contribution is 2.46. The van der Waals surface area contributed by atoms with Crippen LogP contribution in [0, 0.1) is 17.5 Å². The maximum Gasteiger partial charge on any atom is 0.195 e. The average molecular weight is 290 g/mol. The van der Waals surface area contributed by atoms with Gasteiger partial charge in [-0.05, 0) is 30.5 Å². The fourth-order valence-electron chi connectivity index (χ4n) is 2.89. The summed E-state index contributed by atoms with van der Waals surface area (Å²) < 4.78 is 40.3. The number of carbonyl (C=O) groups is 1. The van der Waals surface area contributed by atoms with Crippen LogP contribution in [0.25, 0.3) is 0 Å². The number of hydrogen-bond donors (Lipinski definition) is 0. The second-order valence-electron chi connectivity index (χ2n) is 5.35. The number of carbonyl (C=O) groups excluding carboxylic acids is 1. The highest BCUT2D eigenvalue weighted by molar-refractivity contribution is 6.05. The second-order valence-corrected chi connectivity index (χ2v) is 5.35. The van der Waals surface area contributed by atoms with Crippen molar-refractivity contribution in [1.82, 2.24) is 0 Å². The lowest BCUT2D eigenvalue weighted by Gasteiger charge is -2.41. The molecule has 0 spiro atoms. The molecule has 0 heterocycles. The van der Waals surface area contributed by atoms with Gasteiger partial charge in [0.05, 0.1) is 11.0 Å². The molecule has 0 amide bonds. The van der Waals surface area contributed by atoms with Crippen molar-refractivity contribution in [2.75, 3.05) is 0 Å². The average Bonchev–Trinajstić information content (AvgIpc) is 2.45. The third-order valence-electron chi connectivity index (χ3n) is 4.25. The Kier molecular flexibility index (Phi) is 3.32. The fraction of sp³-hybridized carbons (Fsp3) is 0.235. The summed E-state index contributed by atoms with van der Waals surface area (Å²) in [5, 5.41) is 0. The van der Waals surface area contributed by atoms with E-state index in [2.05, 4.69) is 0 Å². The van der Waals surface area contributed by atoms with Crippen LogP contribution in [0.4, 0.5) is 13.2 Å². The summed E-state index contributed by atoms with van der Waals surface area (Å²) in [5.41, 5.74) is -0.394. The predicted octanol–water partition coefficient (Wildman–Crippen LogP) is 4.41. The molecule has 0 atom stereocenters. The van der Waals surface area contributed by atoms with Crippen LogP contribution >= 0.6 is 0 Å². The minimum absolute atomic E-state index is 0.377. The number of ketones is 1. The number of benzene rings is 2. The lowest BCUT2D eigenvalue weighted by molar-refractivity contribution is 0.0783. The minimum atomic E-state index is -1.59. The van der Waals surface area contributed by atoms with Gasteiger partial charge in [0.15, 0.2) is 23.2 Å². The molecule has 4 heteroatoms. The summed E-state index contributed by atoms with van der Waals surface area (Å²) in [6.45, 7) is 0. The molecule has 1 saturated carbocycles. The molecule has 108 valence electrons. The molecular formula is C17H13F3O. The Morgan fingerprint density at radius 1 is 0.905 bits per heavy atom. The van der Waals surface area contributed by atoms with E-state index in [0.29, 0.717) is 12.8 Å². The molecule has 0 aromatic heterocycles. The Morgan fingerprint density at radius 3 is 2.14 bits per heavy atom. The van der Waals surface area contributed by atoms with E-state index in [1.807, 2.05) is 30.3 Å². The van der Waals surface area contributed by atoms with Crippen LogP contribution < -0.4 is 0 Å². The summed E-state index contributed by atoms with van der Waals surface area (Å²) >= 11 is 0. The first-order chi connectivity index (χ1) is 10.1. The summed E-state index contributed by atoms with van der Waals surface area (Å²) in [7, 11) is 0.